The van der Waals surface area contributed by atoms with Crippen LogP contribution in [-0.2, 0) is 0 Å². The first-order chi connectivity index (χ1) is 5.66. The van der Waals surface area contributed by atoms with Crippen LogP contribution in [0.1, 0.15) is 39.0 Å². The van der Waals surface area contributed by atoms with Gasteiger partial charge in [0.15, 0.2) is 0 Å². The van der Waals surface area contributed by atoms with Gasteiger partial charge in [-0.3, -0.25) is 0 Å². The molecule has 4 fully saturated rings. The lowest BCUT2D eigenvalue weighted by atomic mass is 9.52. The van der Waals surface area contributed by atoms with E-state index < -0.39 is 0 Å². The largest absolute Gasteiger partial charge is 0.119 e. The van der Waals surface area contributed by atoms with E-state index in [1.807, 2.05) is 0 Å². The van der Waals surface area contributed by atoms with Crippen LogP contribution < -0.4 is 0 Å². The Morgan fingerprint density at radius 3 is 2.17 bits per heavy atom. The third kappa shape index (κ3) is 0.907. The van der Waals surface area contributed by atoms with E-state index in [4.69, 9.17) is 11.6 Å². The van der Waals surface area contributed by atoms with Crippen LogP contribution in [-0.4, -0.2) is 4.87 Å². The molecule has 0 radical (unpaired) electrons. The second kappa shape index (κ2) is 2.20. The molecular formula is C11H17Cl. The van der Waals surface area contributed by atoms with Gasteiger partial charge < -0.3 is 0 Å². The van der Waals surface area contributed by atoms with Crippen molar-refractivity contribution in [1.29, 1.82) is 0 Å². The third-order valence-corrected chi connectivity index (χ3v) is 5.13. The Morgan fingerprint density at radius 1 is 1.08 bits per heavy atom. The summed E-state index contributed by atoms with van der Waals surface area (Å²) in [5.41, 5.74) is 0. The lowest BCUT2D eigenvalue weighted by Crippen LogP contribution is -2.51. The number of rotatable bonds is 0. The molecule has 1 heteroatoms. The van der Waals surface area contributed by atoms with Crippen LogP contribution in [0.2, 0.25) is 0 Å². The van der Waals surface area contributed by atoms with Gasteiger partial charge in [-0.2, -0.15) is 0 Å². The highest BCUT2D eigenvalue weighted by Gasteiger charge is 2.52. The maximum Gasteiger partial charge on any atom is 0.0455 e. The molecule has 0 aromatic heterocycles. The molecular weight excluding hydrogens is 168 g/mol. The Balaban J connectivity index is 1.95. The molecule has 4 saturated carbocycles. The van der Waals surface area contributed by atoms with E-state index in [0.29, 0.717) is 0 Å². The van der Waals surface area contributed by atoms with Gasteiger partial charge in [0.2, 0.25) is 0 Å². The van der Waals surface area contributed by atoms with Crippen LogP contribution in [0.15, 0.2) is 0 Å². The predicted molar refractivity (Wildman–Crippen MR) is 51.3 cm³/mol. The van der Waals surface area contributed by atoms with E-state index >= 15 is 0 Å². The van der Waals surface area contributed by atoms with Gasteiger partial charge in [0.25, 0.3) is 0 Å². The summed E-state index contributed by atoms with van der Waals surface area (Å²) in [5.74, 6) is 3.94. The smallest absolute Gasteiger partial charge is 0.0455 e. The van der Waals surface area contributed by atoms with Gasteiger partial charge in [0.05, 0.1) is 0 Å². The fourth-order valence-electron chi connectivity index (χ4n) is 4.18. The molecule has 68 valence electrons. The molecule has 0 spiro atoms. The first-order valence-corrected chi connectivity index (χ1v) is 5.73. The summed E-state index contributed by atoms with van der Waals surface area (Å²) in [5, 5.41) is 0. The molecule has 2 atom stereocenters. The van der Waals surface area contributed by atoms with E-state index in [1.165, 1.54) is 32.1 Å². The molecule has 0 amide bonds. The Labute approximate surface area is 79.7 Å². The summed E-state index contributed by atoms with van der Waals surface area (Å²) in [6.07, 6.45) is 6.96. The second-order valence-electron chi connectivity index (χ2n) is 5.48. The summed E-state index contributed by atoms with van der Waals surface area (Å²) in [7, 11) is 0. The summed E-state index contributed by atoms with van der Waals surface area (Å²) in [6.45, 7) is 2.45. The first-order valence-electron chi connectivity index (χ1n) is 5.35. The van der Waals surface area contributed by atoms with Crippen LogP contribution in [0.25, 0.3) is 0 Å². The molecule has 0 aromatic carbocycles. The Bertz CT molecular complexity index is 195. The molecule has 4 aliphatic rings. The Kier molecular flexibility index (Phi) is 1.41. The van der Waals surface area contributed by atoms with Gasteiger partial charge in [-0.05, 0) is 55.8 Å². The van der Waals surface area contributed by atoms with E-state index in [9.17, 15) is 0 Å². The quantitative estimate of drug-likeness (QED) is 0.506. The maximum absolute atomic E-state index is 6.60. The lowest BCUT2D eigenvalue weighted by Gasteiger charge is -2.57. The van der Waals surface area contributed by atoms with E-state index in [-0.39, 0.29) is 4.87 Å². The van der Waals surface area contributed by atoms with E-state index in [1.54, 1.807) is 0 Å². The molecule has 0 nitrogen and oxygen atoms in total. The van der Waals surface area contributed by atoms with Crippen LogP contribution in [0.4, 0.5) is 0 Å². The molecule has 0 heterocycles. The van der Waals surface area contributed by atoms with Crippen molar-refractivity contribution >= 4 is 11.6 Å². The van der Waals surface area contributed by atoms with Gasteiger partial charge in [0.1, 0.15) is 0 Å². The van der Waals surface area contributed by atoms with Crippen molar-refractivity contribution in [3.05, 3.63) is 0 Å². The number of alkyl halides is 1. The number of hydrogen-bond donors (Lipinski definition) is 0. The van der Waals surface area contributed by atoms with Crippen molar-refractivity contribution < 1.29 is 0 Å². The zero-order valence-corrected chi connectivity index (χ0v) is 8.48. The number of hydrogen-bond acceptors (Lipinski definition) is 0. The van der Waals surface area contributed by atoms with Gasteiger partial charge in [-0.1, -0.05) is 6.92 Å². The summed E-state index contributed by atoms with van der Waals surface area (Å²) < 4.78 is 0. The molecule has 0 aromatic rings. The van der Waals surface area contributed by atoms with E-state index in [0.717, 1.165) is 23.7 Å². The first kappa shape index (κ1) is 7.67. The standard InChI is InChI=1S/C11H17Cl/c1-7-9-2-8-3-10(7)6-11(12,4-8)5-9/h7-10H,2-6H2,1H3. The molecule has 4 bridgehead atoms. The molecule has 0 aliphatic heterocycles. The van der Waals surface area contributed by atoms with Crippen molar-refractivity contribution in [2.75, 3.05) is 0 Å². The van der Waals surface area contributed by atoms with Crippen molar-refractivity contribution in [2.24, 2.45) is 23.7 Å². The Hall–Kier alpha value is 0.290. The topological polar surface area (TPSA) is 0 Å². The molecule has 4 rings (SSSR count). The molecule has 0 saturated heterocycles. The molecule has 12 heavy (non-hydrogen) atoms. The monoisotopic (exact) mass is 184 g/mol. The normalized spacial score (nSPS) is 62.5. The van der Waals surface area contributed by atoms with Gasteiger partial charge in [-0.25, -0.2) is 0 Å². The highest BCUT2D eigenvalue weighted by Crippen LogP contribution is 2.60. The summed E-state index contributed by atoms with van der Waals surface area (Å²) in [4.78, 5) is 0.253. The SMILES string of the molecule is CC1C2CC3CC1CC(Cl)(C3)C2. The average Bonchev–Trinajstić information content (AvgIpc) is 1.96. The zero-order valence-electron chi connectivity index (χ0n) is 7.72. The van der Waals surface area contributed by atoms with Crippen LogP contribution in [0.5, 0.6) is 0 Å². The highest BCUT2D eigenvalue weighted by molar-refractivity contribution is 6.24. The highest BCUT2D eigenvalue weighted by atomic mass is 35.5. The van der Waals surface area contributed by atoms with E-state index in [2.05, 4.69) is 6.92 Å². The summed E-state index contributed by atoms with van der Waals surface area (Å²) in [6, 6.07) is 0. The van der Waals surface area contributed by atoms with Crippen molar-refractivity contribution in [3.8, 4) is 0 Å². The van der Waals surface area contributed by atoms with Crippen molar-refractivity contribution in [3.63, 3.8) is 0 Å². The maximum atomic E-state index is 6.60. The lowest BCUT2D eigenvalue weighted by molar-refractivity contribution is -0.0152. The average molecular weight is 185 g/mol. The van der Waals surface area contributed by atoms with Gasteiger partial charge >= 0.3 is 0 Å². The summed E-state index contributed by atoms with van der Waals surface area (Å²) >= 11 is 6.60. The van der Waals surface area contributed by atoms with Crippen LogP contribution in [0, 0.1) is 23.7 Å². The third-order valence-electron chi connectivity index (χ3n) is 4.67. The van der Waals surface area contributed by atoms with Crippen molar-refractivity contribution in [1.82, 2.24) is 0 Å². The van der Waals surface area contributed by atoms with Crippen LogP contribution in [0.3, 0.4) is 0 Å². The van der Waals surface area contributed by atoms with Crippen LogP contribution >= 0.6 is 11.6 Å². The number of halogens is 1. The molecule has 2 unspecified atom stereocenters. The molecule has 0 N–H and O–H groups in total. The Morgan fingerprint density at radius 2 is 1.67 bits per heavy atom. The minimum atomic E-state index is 0.253. The van der Waals surface area contributed by atoms with Gasteiger partial charge in [0, 0.05) is 4.87 Å². The molecule has 4 aliphatic carbocycles. The fourth-order valence-corrected chi connectivity index (χ4v) is 4.79. The minimum absolute atomic E-state index is 0.253. The van der Waals surface area contributed by atoms with Crippen molar-refractivity contribution in [2.45, 2.75) is 43.9 Å². The zero-order chi connectivity index (χ0) is 8.34. The van der Waals surface area contributed by atoms with Gasteiger partial charge in [-0.15, -0.1) is 11.6 Å². The second-order valence-corrected chi connectivity index (χ2v) is 6.28. The minimum Gasteiger partial charge on any atom is -0.119 e. The fraction of sp³-hybridized carbons (Fsp3) is 1.00. The predicted octanol–water partition coefficient (Wildman–Crippen LogP) is 3.44.